The third-order valence-electron chi connectivity index (χ3n) is 3.34. The van der Waals surface area contributed by atoms with E-state index in [1.807, 2.05) is 0 Å². The Morgan fingerprint density at radius 1 is 1.12 bits per heavy atom. The lowest BCUT2D eigenvalue weighted by atomic mass is 10.1. The van der Waals surface area contributed by atoms with Crippen molar-refractivity contribution in [1.29, 1.82) is 0 Å². The Morgan fingerprint density at radius 2 is 1.81 bits per heavy atom. The summed E-state index contributed by atoms with van der Waals surface area (Å²) in [6.45, 7) is 0. The Balaban J connectivity index is 2.00. The van der Waals surface area contributed by atoms with E-state index in [1.54, 1.807) is 18.2 Å². The van der Waals surface area contributed by atoms with Gasteiger partial charge in [-0.15, -0.1) is 0 Å². The van der Waals surface area contributed by atoms with E-state index in [0.717, 1.165) is 0 Å². The monoisotopic (exact) mass is 359 g/mol. The van der Waals surface area contributed by atoms with Gasteiger partial charge in [0.05, 0.1) is 0 Å². The summed E-state index contributed by atoms with van der Waals surface area (Å²) in [5, 5.41) is 23.0. The van der Waals surface area contributed by atoms with Crippen molar-refractivity contribution in [1.82, 2.24) is 15.3 Å². The van der Waals surface area contributed by atoms with Crippen LogP contribution in [0.15, 0.2) is 36.5 Å². The van der Waals surface area contributed by atoms with Crippen LogP contribution in [-0.4, -0.2) is 44.1 Å². The van der Waals surface area contributed by atoms with Crippen molar-refractivity contribution >= 4 is 35.3 Å². The average molecular weight is 359 g/mol. The molecule has 1 heterocycles. The largest absolute Gasteiger partial charge is 0.481 e. The number of amides is 1. The van der Waals surface area contributed by atoms with Gasteiger partial charge in [-0.3, -0.25) is 9.59 Å². The van der Waals surface area contributed by atoms with E-state index < -0.39 is 23.9 Å². The minimum atomic E-state index is -1.29. The Kier molecular flexibility index (Phi) is 6.04. The van der Waals surface area contributed by atoms with Crippen LogP contribution >= 0.6 is 0 Å². The highest BCUT2D eigenvalue weighted by molar-refractivity contribution is 5.97. The van der Waals surface area contributed by atoms with Crippen molar-refractivity contribution in [3.05, 3.63) is 42.1 Å². The fourth-order valence-corrected chi connectivity index (χ4v) is 2.06. The second-order valence-electron chi connectivity index (χ2n) is 5.30. The number of rotatable bonds is 8. The molecule has 1 atom stereocenters. The van der Waals surface area contributed by atoms with Crippen molar-refractivity contribution in [3.8, 4) is 0 Å². The van der Waals surface area contributed by atoms with Crippen LogP contribution in [0.3, 0.4) is 0 Å². The molecule has 0 aliphatic heterocycles. The zero-order chi connectivity index (χ0) is 19.1. The minimum Gasteiger partial charge on any atom is -0.481 e. The number of anilines is 3. The average Bonchev–Trinajstić information content (AvgIpc) is 2.58. The molecular formula is C16H17N5O5. The molecule has 1 aromatic heterocycles. The molecule has 0 saturated heterocycles. The molecule has 0 radical (unpaired) electrons. The van der Waals surface area contributed by atoms with Gasteiger partial charge in [0.15, 0.2) is 0 Å². The van der Waals surface area contributed by atoms with Crippen LogP contribution in [0, 0.1) is 0 Å². The molecule has 1 unspecified atom stereocenters. The first-order valence-corrected chi connectivity index (χ1v) is 7.56. The lowest BCUT2D eigenvalue weighted by molar-refractivity contribution is -0.140. The van der Waals surface area contributed by atoms with Gasteiger partial charge in [-0.1, -0.05) is 0 Å². The highest BCUT2D eigenvalue weighted by Gasteiger charge is 2.21. The van der Waals surface area contributed by atoms with E-state index in [9.17, 15) is 14.4 Å². The summed E-state index contributed by atoms with van der Waals surface area (Å²) in [6, 6.07) is 6.56. The number of carbonyl (C=O) groups is 3. The van der Waals surface area contributed by atoms with E-state index >= 15 is 0 Å². The van der Waals surface area contributed by atoms with Crippen molar-refractivity contribution in [3.63, 3.8) is 0 Å². The van der Waals surface area contributed by atoms with E-state index in [4.69, 9.17) is 15.9 Å². The fourth-order valence-electron chi connectivity index (χ4n) is 2.06. The third-order valence-corrected chi connectivity index (χ3v) is 3.34. The molecular weight excluding hydrogens is 342 g/mol. The number of nitrogen functional groups attached to an aromatic ring is 1. The molecule has 10 nitrogen and oxygen atoms in total. The van der Waals surface area contributed by atoms with Crippen LogP contribution < -0.4 is 16.4 Å². The summed E-state index contributed by atoms with van der Waals surface area (Å²) in [6.07, 6.45) is 0.934. The molecule has 2 aromatic rings. The Labute approximate surface area is 148 Å². The summed E-state index contributed by atoms with van der Waals surface area (Å²) in [4.78, 5) is 41.6. The molecule has 2 rings (SSSR count). The topological polar surface area (TPSA) is 168 Å². The molecule has 1 amide bonds. The van der Waals surface area contributed by atoms with E-state index in [1.165, 1.54) is 18.3 Å². The predicted octanol–water partition coefficient (Wildman–Crippen LogP) is 0.850. The molecule has 0 bridgehead atoms. The Hall–Kier alpha value is -3.69. The third kappa shape index (κ3) is 5.44. The molecule has 136 valence electrons. The predicted molar refractivity (Wildman–Crippen MR) is 91.9 cm³/mol. The number of aromatic nitrogens is 2. The quantitative estimate of drug-likeness (QED) is 0.459. The van der Waals surface area contributed by atoms with E-state index in [0.29, 0.717) is 11.5 Å². The van der Waals surface area contributed by atoms with Crippen molar-refractivity contribution in [2.24, 2.45) is 0 Å². The molecule has 0 fully saturated rings. The second-order valence-corrected chi connectivity index (χ2v) is 5.30. The lowest BCUT2D eigenvalue weighted by Gasteiger charge is -2.14. The van der Waals surface area contributed by atoms with Crippen molar-refractivity contribution < 1.29 is 24.6 Å². The number of aliphatic carboxylic acids is 2. The van der Waals surface area contributed by atoms with Crippen LogP contribution in [0.2, 0.25) is 0 Å². The smallest absolute Gasteiger partial charge is 0.326 e. The SMILES string of the molecule is Nc1nccc(Nc2ccc(C(=O)NC(CCC(=O)O)C(=O)O)cc2)n1. The highest BCUT2D eigenvalue weighted by atomic mass is 16.4. The summed E-state index contributed by atoms with van der Waals surface area (Å²) in [5.41, 5.74) is 6.36. The van der Waals surface area contributed by atoms with E-state index in [2.05, 4.69) is 20.6 Å². The number of carboxylic acids is 2. The van der Waals surface area contributed by atoms with Gasteiger partial charge in [0, 0.05) is 23.9 Å². The second kappa shape index (κ2) is 8.42. The molecule has 26 heavy (non-hydrogen) atoms. The molecule has 0 aliphatic rings. The molecule has 0 aliphatic carbocycles. The first-order valence-electron chi connectivity index (χ1n) is 7.56. The number of nitrogens with two attached hydrogens (primary N) is 1. The number of hydrogen-bond acceptors (Lipinski definition) is 7. The number of benzene rings is 1. The van der Waals surface area contributed by atoms with Crippen molar-refractivity contribution in [2.75, 3.05) is 11.1 Å². The number of nitrogens with zero attached hydrogens (tertiary/aromatic N) is 2. The van der Waals surface area contributed by atoms with Gasteiger partial charge in [-0.2, -0.15) is 4.98 Å². The van der Waals surface area contributed by atoms with Gasteiger partial charge in [0.1, 0.15) is 11.9 Å². The van der Waals surface area contributed by atoms with Crippen LogP contribution in [-0.2, 0) is 9.59 Å². The summed E-state index contributed by atoms with van der Waals surface area (Å²) >= 11 is 0. The maximum atomic E-state index is 12.1. The zero-order valence-corrected chi connectivity index (χ0v) is 13.5. The molecule has 10 heteroatoms. The molecule has 1 aromatic carbocycles. The first-order chi connectivity index (χ1) is 12.3. The number of carboxylic acid groups (broad SMARTS) is 2. The van der Waals surface area contributed by atoms with Crippen molar-refractivity contribution in [2.45, 2.75) is 18.9 Å². The zero-order valence-electron chi connectivity index (χ0n) is 13.5. The Morgan fingerprint density at radius 3 is 2.38 bits per heavy atom. The highest BCUT2D eigenvalue weighted by Crippen LogP contribution is 2.15. The fraction of sp³-hybridized carbons (Fsp3) is 0.188. The maximum absolute atomic E-state index is 12.1. The molecule has 6 N–H and O–H groups in total. The summed E-state index contributed by atoms with van der Waals surface area (Å²) in [7, 11) is 0. The summed E-state index contributed by atoms with van der Waals surface area (Å²) < 4.78 is 0. The lowest BCUT2D eigenvalue weighted by Crippen LogP contribution is -2.41. The van der Waals surface area contributed by atoms with Gasteiger partial charge in [-0.05, 0) is 36.8 Å². The van der Waals surface area contributed by atoms with Crippen LogP contribution in [0.1, 0.15) is 23.2 Å². The number of nitrogens with one attached hydrogen (secondary N) is 2. The van der Waals surface area contributed by atoms with Gasteiger partial charge in [0.25, 0.3) is 5.91 Å². The van der Waals surface area contributed by atoms with Gasteiger partial charge in [-0.25, -0.2) is 9.78 Å². The van der Waals surface area contributed by atoms with Crippen LogP contribution in [0.4, 0.5) is 17.5 Å². The number of hydrogen-bond donors (Lipinski definition) is 5. The number of carbonyl (C=O) groups excluding carboxylic acids is 1. The van der Waals surface area contributed by atoms with Crippen LogP contribution in [0.5, 0.6) is 0 Å². The standard InChI is InChI=1S/C16H17N5O5/c17-16-18-8-7-12(21-16)19-10-3-1-9(2-4-10)14(24)20-11(15(25)26)5-6-13(22)23/h1-4,7-8,11H,5-6H2,(H,20,24)(H,22,23)(H,25,26)(H3,17,18,19,21). The van der Waals surface area contributed by atoms with Gasteiger partial charge in [0.2, 0.25) is 5.95 Å². The molecule has 0 spiro atoms. The maximum Gasteiger partial charge on any atom is 0.326 e. The van der Waals surface area contributed by atoms with Gasteiger partial charge < -0.3 is 26.6 Å². The van der Waals surface area contributed by atoms with E-state index in [-0.39, 0.29) is 24.4 Å². The van der Waals surface area contributed by atoms with Crippen LogP contribution in [0.25, 0.3) is 0 Å². The molecule has 0 saturated carbocycles. The minimum absolute atomic E-state index is 0.118. The van der Waals surface area contributed by atoms with Gasteiger partial charge >= 0.3 is 11.9 Å². The summed E-state index contributed by atoms with van der Waals surface area (Å²) in [5.74, 6) is -2.44. The first kappa shape index (κ1) is 18.6. The Bertz CT molecular complexity index is 809. The normalized spacial score (nSPS) is 11.4.